The molecule has 1 unspecified atom stereocenters. The number of carbonyl (C=O) groups is 1. The predicted molar refractivity (Wildman–Crippen MR) is 73.1 cm³/mol. The van der Waals surface area contributed by atoms with Crippen molar-refractivity contribution in [1.82, 2.24) is 4.90 Å². The standard InChI is InChI=1S/C15H19NO4/c1-11-10-16(4-5-18-11)15(17)9-12-2-3-13-14(8-12)20-7-6-19-13/h2-3,8,11H,4-7,9-10H2,1H3. The third-order valence-corrected chi connectivity index (χ3v) is 3.56. The fourth-order valence-electron chi connectivity index (χ4n) is 2.53. The predicted octanol–water partition coefficient (Wildman–Crippen LogP) is 1.25. The summed E-state index contributed by atoms with van der Waals surface area (Å²) in [7, 11) is 0. The van der Waals surface area contributed by atoms with Crippen LogP contribution in [0.4, 0.5) is 0 Å². The number of amides is 1. The number of hydrogen-bond acceptors (Lipinski definition) is 4. The summed E-state index contributed by atoms with van der Waals surface area (Å²) in [6.07, 6.45) is 0.511. The highest BCUT2D eigenvalue weighted by molar-refractivity contribution is 5.79. The second-order valence-corrected chi connectivity index (χ2v) is 5.18. The SMILES string of the molecule is CC1CN(C(=O)Cc2ccc3c(c2)OCCO3)CCO1. The number of hydrogen-bond donors (Lipinski definition) is 0. The van der Waals surface area contributed by atoms with E-state index in [0.717, 1.165) is 17.1 Å². The van der Waals surface area contributed by atoms with Crippen molar-refractivity contribution in [2.24, 2.45) is 0 Å². The van der Waals surface area contributed by atoms with Gasteiger partial charge in [0.2, 0.25) is 5.91 Å². The molecular formula is C15H19NO4. The minimum Gasteiger partial charge on any atom is -0.486 e. The van der Waals surface area contributed by atoms with Crippen molar-refractivity contribution >= 4 is 5.91 Å². The van der Waals surface area contributed by atoms with Gasteiger partial charge in [0, 0.05) is 13.1 Å². The summed E-state index contributed by atoms with van der Waals surface area (Å²) in [5, 5.41) is 0. The molecule has 1 aromatic carbocycles. The van der Waals surface area contributed by atoms with Crippen LogP contribution >= 0.6 is 0 Å². The Morgan fingerprint density at radius 2 is 2.05 bits per heavy atom. The van der Waals surface area contributed by atoms with E-state index in [0.29, 0.717) is 39.3 Å². The molecular weight excluding hydrogens is 258 g/mol. The molecule has 108 valence electrons. The molecule has 20 heavy (non-hydrogen) atoms. The Kier molecular flexibility index (Phi) is 3.78. The number of rotatable bonds is 2. The van der Waals surface area contributed by atoms with Gasteiger partial charge in [-0.1, -0.05) is 6.07 Å². The first-order valence-electron chi connectivity index (χ1n) is 7.00. The third kappa shape index (κ3) is 2.88. The molecule has 1 aromatic rings. The summed E-state index contributed by atoms with van der Waals surface area (Å²) >= 11 is 0. The summed E-state index contributed by atoms with van der Waals surface area (Å²) in [6.45, 7) is 5.09. The molecule has 2 aliphatic heterocycles. The fraction of sp³-hybridized carbons (Fsp3) is 0.533. The summed E-state index contributed by atoms with van der Waals surface area (Å²) in [5.41, 5.74) is 0.957. The Labute approximate surface area is 118 Å². The highest BCUT2D eigenvalue weighted by Crippen LogP contribution is 2.31. The highest BCUT2D eigenvalue weighted by atomic mass is 16.6. The van der Waals surface area contributed by atoms with Gasteiger partial charge >= 0.3 is 0 Å². The molecule has 1 saturated heterocycles. The summed E-state index contributed by atoms with van der Waals surface area (Å²) in [4.78, 5) is 14.1. The largest absolute Gasteiger partial charge is 0.486 e. The molecule has 0 N–H and O–H groups in total. The quantitative estimate of drug-likeness (QED) is 0.816. The van der Waals surface area contributed by atoms with E-state index in [9.17, 15) is 4.79 Å². The number of nitrogens with zero attached hydrogens (tertiary/aromatic N) is 1. The molecule has 3 rings (SSSR count). The maximum atomic E-state index is 12.3. The molecule has 0 spiro atoms. The Balaban J connectivity index is 1.66. The lowest BCUT2D eigenvalue weighted by atomic mass is 10.1. The van der Waals surface area contributed by atoms with Crippen LogP contribution in [0.5, 0.6) is 11.5 Å². The van der Waals surface area contributed by atoms with Crippen LogP contribution in [0.15, 0.2) is 18.2 Å². The Bertz CT molecular complexity index is 503. The number of morpholine rings is 1. The van der Waals surface area contributed by atoms with Gasteiger partial charge in [0.25, 0.3) is 0 Å². The summed E-state index contributed by atoms with van der Waals surface area (Å²) < 4.78 is 16.5. The molecule has 0 saturated carbocycles. The summed E-state index contributed by atoms with van der Waals surface area (Å²) in [5.74, 6) is 1.63. The first kappa shape index (κ1) is 13.2. The topological polar surface area (TPSA) is 48.0 Å². The average molecular weight is 277 g/mol. The second-order valence-electron chi connectivity index (χ2n) is 5.18. The molecule has 1 atom stereocenters. The highest BCUT2D eigenvalue weighted by Gasteiger charge is 2.22. The van der Waals surface area contributed by atoms with Gasteiger partial charge in [0.15, 0.2) is 11.5 Å². The van der Waals surface area contributed by atoms with E-state index in [-0.39, 0.29) is 12.0 Å². The molecule has 1 fully saturated rings. The van der Waals surface area contributed by atoms with Gasteiger partial charge in [-0.25, -0.2) is 0 Å². The minimum absolute atomic E-state index is 0.118. The van der Waals surface area contributed by atoms with E-state index in [1.54, 1.807) is 0 Å². The van der Waals surface area contributed by atoms with E-state index in [2.05, 4.69) is 0 Å². The normalized spacial score (nSPS) is 21.6. The summed E-state index contributed by atoms with van der Waals surface area (Å²) in [6, 6.07) is 5.70. The van der Waals surface area contributed by atoms with Crippen molar-refractivity contribution in [3.63, 3.8) is 0 Å². The lowest BCUT2D eigenvalue weighted by Crippen LogP contribution is -2.45. The molecule has 0 radical (unpaired) electrons. The van der Waals surface area contributed by atoms with Crippen LogP contribution in [0, 0.1) is 0 Å². The number of fused-ring (bicyclic) bond motifs is 1. The first-order chi connectivity index (χ1) is 9.72. The van der Waals surface area contributed by atoms with E-state index in [1.807, 2.05) is 30.0 Å². The number of carbonyl (C=O) groups excluding carboxylic acids is 1. The fourth-order valence-corrected chi connectivity index (χ4v) is 2.53. The Morgan fingerprint density at radius 3 is 2.85 bits per heavy atom. The maximum Gasteiger partial charge on any atom is 0.227 e. The molecule has 2 heterocycles. The van der Waals surface area contributed by atoms with E-state index in [4.69, 9.17) is 14.2 Å². The van der Waals surface area contributed by atoms with Crippen molar-refractivity contribution in [3.8, 4) is 11.5 Å². The van der Waals surface area contributed by atoms with Crippen molar-refractivity contribution in [3.05, 3.63) is 23.8 Å². The van der Waals surface area contributed by atoms with Gasteiger partial charge in [-0.2, -0.15) is 0 Å². The van der Waals surface area contributed by atoms with Gasteiger partial charge < -0.3 is 19.1 Å². The molecule has 5 nitrogen and oxygen atoms in total. The molecule has 1 amide bonds. The molecule has 0 bridgehead atoms. The minimum atomic E-state index is 0.118. The Morgan fingerprint density at radius 1 is 1.25 bits per heavy atom. The first-order valence-corrected chi connectivity index (χ1v) is 7.00. The van der Waals surface area contributed by atoms with Crippen LogP contribution < -0.4 is 9.47 Å². The van der Waals surface area contributed by atoms with Gasteiger partial charge in [-0.05, 0) is 24.6 Å². The monoisotopic (exact) mass is 277 g/mol. The van der Waals surface area contributed by atoms with E-state index in [1.165, 1.54) is 0 Å². The van der Waals surface area contributed by atoms with Crippen LogP contribution in [0.1, 0.15) is 12.5 Å². The molecule has 0 aliphatic carbocycles. The zero-order valence-electron chi connectivity index (χ0n) is 11.6. The zero-order valence-corrected chi connectivity index (χ0v) is 11.6. The average Bonchev–Trinajstić information content (AvgIpc) is 2.47. The maximum absolute atomic E-state index is 12.3. The molecule has 5 heteroatoms. The van der Waals surface area contributed by atoms with Crippen LogP contribution in [-0.2, 0) is 16.0 Å². The number of ether oxygens (including phenoxy) is 3. The van der Waals surface area contributed by atoms with Crippen LogP contribution in [0.2, 0.25) is 0 Å². The van der Waals surface area contributed by atoms with Gasteiger partial charge in [-0.15, -0.1) is 0 Å². The third-order valence-electron chi connectivity index (χ3n) is 3.56. The lowest BCUT2D eigenvalue weighted by molar-refractivity contribution is -0.137. The van der Waals surface area contributed by atoms with Crippen molar-refractivity contribution < 1.29 is 19.0 Å². The lowest BCUT2D eigenvalue weighted by Gasteiger charge is -2.31. The van der Waals surface area contributed by atoms with E-state index >= 15 is 0 Å². The Hall–Kier alpha value is -1.75. The van der Waals surface area contributed by atoms with Crippen LogP contribution in [0.3, 0.4) is 0 Å². The van der Waals surface area contributed by atoms with Gasteiger partial charge in [-0.3, -0.25) is 4.79 Å². The zero-order chi connectivity index (χ0) is 13.9. The van der Waals surface area contributed by atoms with Crippen LogP contribution in [0.25, 0.3) is 0 Å². The molecule has 2 aliphatic rings. The van der Waals surface area contributed by atoms with Gasteiger partial charge in [0.05, 0.1) is 19.1 Å². The van der Waals surface area contributed by atoms with E-state index < -0.39 is 0 Å². The van der Waals surface area contributed by atoms with Crippen molar-refractivity contribution in [2.45, 2.75) is 19.4 Å². The van der Waals surface area contributed by atoms with Crippen molar-refractivity contribution in [2.75, 3.05) is 32.9 Å². The number of benzene rings is 1. The van der Waals surface area contributed by atoms with Crippen molar-refractivity contribution in [1.29, 1.82) is 0 Å². The van der Waals surface area contributed by atoms with Gasteiger partial charge in [0.1, 0.15) is 13.2 Å². The second kappa shape index (κ2) is 5.71. The molecule has 0 aromatic heterocycles. The van der Waals surface area contributed by atoms with Crippen LogP contribution in [-0.4, -0.2) is 49.8 Å². The smallest absolute Gasteiger partial charge is 0.227 e.